The van der Waals surface area contributed by atoms with Gasteiger partial charge in [-0.2, -0.15) is 0 Å². The molecule has 2 heterocycles. The van der Waals surface area contributed by atoms with Crippen molar-refractivity contribution in [1.29, 1.82) is 0 Å². The molecule has 0 bridgehead atoms. The van der Waals surface area contributed by atoms with Gasteiger partial charge in [-0.15, -0.1) is 0 Å². The first-order chi connectivity index (χ1) is 11.6. The Hall–Kier alpha value is -1.55. The second kappa shape index (κ2) is 6.07. The molecular formula is C19H23ClN2O2. The molecule has 3 fully saturated rings. The Labute approximate surface area is 147 Å². The minimum atomic E-state index is -0.0386. The van der Waals surface area contributed by atoms with Crippen LogP contribution in [0.25, 0.3) is 0 Å². The van der Waals surface area contributed by atoms with E-state index in [-0.39, 0.29) is 17.7 Å². The quantitative estimate of drug-likeness (QED) is 0.825. The molecule has 1 spiro atoms. The molecule has 1 aromatic carbocycles. The molecule has 5 heteroatoms. The number of hydrogen-bond acceptors (Lipinski definition) is 2. The summed E-state index contributed by atoms with van der Waals surface area (Å²) in [6.07, 6.45) is 5.81. The van der Waals surface area contributed by atoms with Gasteiger partial charge in [-0.1, -0.05) is 24.1 Å². The van der Waals surface area contributed by atoms with Crippen LogP contribution in [0, 0.1) is 11.3 Å². The van der Waals surface area contributed by atoms with Crippen LogP contribution in [0.3, 0.4) is 0 Å². The molecule has 1 aromatic rings. The van der Waals surface area contributed by atoms with Crippen molar-refractivity contribution in [3.8, 4) is 0 Å². The van der Waals surface area contributed by atoms with Crippen LogP contribution in [0.15, 0.2) is 24.3 Å². The number of nitrogens with zero attached hydrogens (tertiary/aromatic N) is 2. The lowest BCUT2D eigenvalue weighted by atomic mass is 9.68. The van der Waals surface area contributed by atoms with Crippen LogP contribution < -0.4 is 0 Å². The summed E-state index contributed by atoms with van der Waals surface area (Å²) < 4.78 is 0. The van der Waals surface area contributed by atoms with Gasteiger partial charge in [0.25, 0.3) is 5.91 Å². The third kappa shape index (κ3) is 2.81. The monoisotopic (exact) mass is 346 g/mol. The van der Waals surface area contributed by atoms with Crippen LogP contribution in [0.5, 0.6) is 0 Å². The lowest BCUT2D eigenvalue weighted by molar-refractivity contribution is -0.134. The summed E-state index contributed by atoms with van der Waals surface area (Å²) in [6, 6.07) is 7.03. The number of benzene rings is 1. The van der Waals surface area contributed by atoms with E-state index in [0.29, 0.717) is 29.1 Å². The fraction of sp³-hybridized carbons (Fsp3) is 0.579. The molecule has 2 amide bonds. The minimum Gasteiger partial charge on any atom is -0.342 e. The summed E-state index contributed by atoms with van der Waals surface area (Å²) in [7, 11) is 0. The Balaban J connectivity index is 1.37. The van der Waals surface area contributed by atoms with Crippen LogP contribution in [0.4, 0.5) is 0 Å². The highest BCUT2D eigenvalue weighted by molar-refractivity contribution is 6.30. The van der Waals surface area contributed by atoms with E-state index in [2.05, 4.69) is 4.90 Å². The van der Waals surface area contributed by atoms with Crippen LogP contribution in [-0.2, 0) is 4.79 Å². The van der Waals surface area contributed by atoms with Gasteiger partial charge in [0.1, 0.15) is 0 Å². The molecular weight excluding hydrogens is 324 g/mol. The molecule has 1 saturated carbocycles. The predicted octanol–water partition coefficient (Wildman–Crippen LogP) is 3.20. The summed E-state index contributed by atoms with van der Waals surface area (Å²) in [5, 5.41) is 0.565. The SMILES string of the molecule is O=C(c1cccc(Cl)c1)N1CC[C@@H](C(=O)N2CCC3(CCC3)C2)C1. The molecule has 1 aliphatic carbocycles. The van der Waals surface area contributed by atoms with Gasteiger partial charge in [0.05, 0.1) is 5.92 Å². The van der Waals surface area contributed by atoms with Crippen molar-refractivity contribution in [3.05, 3.63) is 34.9 Å². The van der Waals surface area contributed by atoms with E-state index in [1.165, 1.54) is 19.3 Å². The Kier molecular flexibility index (Phi) is 4.03. The zero-order valence-corrected chi connectivity index (χ0v) is 14.6. The lowest BCUT2D eigenvalue weighted by Crippen LogP contribution is -2.39. The van der Waals surface area contributed by atoms with Gasteiger partial charge in [0.15, 0.2) is 0 Å². The molecule has 4 rings (SSSR count). The number of carbonyl (C=O) groups is 2. The highest BCUT2D eigenvalue weighted by Gasteiger charge is 2.45. The van der Waals surface area contributed by atoms with Gasteiger partial charge in [-0.25, -0.2) is 0 Å². The number of halogens is 1. The number of hydrogen-bond donors (Lipinski definition) is 0. The maximum absolute atomic E-state index is 12.8. The van der Waals surface area contributed by atoms with Crippen molar-refractivity contribution in [2.24, 2.45) is 11.3 Å². The van der Waals surface area contributed by atoms with Crippen molar-refractivity contribution < 1.29 is 9.59 Å². The van der Waals surface area contributed by atoms with E-state index in [1.807, 2.05) is 0 Å². The zero-order valence-electron chi connectivity index (χ0n) is 13.8. The molecule has 4 nitrogen and oxygen atoms in total. The molecule has 3 aliphatic rings. The molecule has 0 radical (unpaired) electrons. The summed E-state index contributed by atoms with van der Waals surface area (Å²) >= 11 is 5.98. The van der Waals surface area contributed by atoms with Gasteiger partial charge in [0, 0.05) is 36.8 Å². The fourth-order valence-corrected chi connectivity index (χ4v) is 4.61. The molecule has 128 valence electrons. The average molecular weight is 347 g/mol. The van der Waals surface area contributed by atoms with Gasteiger partial charge >= 0.3 is 0 Å². The fourth-order valence-electron chi connectivity index (χ4n) is 4.42. The number of rotatable bonds is 2. The third-order valence-corrected chi connectivity index (χ3v) is 6.30. The van der Waals surface area contributed by atoms with Crippen molar-refractivity contribution in [1.82, 2.24) is 9.80 Å². The first-order valence-electron chi connectivity index (χ1n) is 8.90. The van der Waals surface area contributed by atoms with E-state index < -0.39 is 0 Å². The zero-order chi connectivity index (χ0) is 16.7. The average Bonchev–Trinajstić information content (AvgIpc) is 3.20. The number of amides is 2. The number of likely N-dealkylation sites (tertiary alicyclic amines) is 2. The van der Waals surface area contributed by atoms with Gasteiger partial charge in [0.2, 0.25) is 5.91 Å². The predicted molar refractivity (Wildman–Crippen MR) is 92.9 cm³/mol. The highest BCUT2D eigenvalue weighted by atomic mass is 35.5. The van der Waals surface area contributed by atoms with Gasteiger partial charge in [-0.3, -0.25) is 9.59 Å². The summed E-state index contributed by atoms with van der Waals surface area (Å²) in [5.74, 6) is 0.188. The van der Waals surface area contributed by atoms with E-state index >= 15 is 0 Å². The van der Waals surface area contributed by atoms with Crippen molar-refractivity contribution in [2.45, 2.75) is 32.1 Å². The van der Waals surface area contributed by atoms with Gasteiger partial charge in [-0.05, 0) is 49.3 Å². The summed E-state index contributed by atoms with van der Waals surface area (Å²) in [5.41, 5.74) is 1.04. The molecule has 2 saturated heterocycles. The van der Waals surface area contributed by atoms with E-state index in [9.17, 15) is 9.59 Å². The van der Waals surface area contributed by atoms with E-state index in [1.54, 1.807) is 29.2 Å². The topological polar surface area (TPSA) is 40.6 Å². The molecule has 24 heavy (non-hydrogen) atoms. The Morgan fingerprint density at radius 3 is 2.62 bits per heavy atom. The number of carbonyl (C=O) groups excluding carboxylic acids is 2. The molecule has 2 aliphatic heterocycles. The Morgan fingerprint density at radius 2 is 1.96 bits per heavy atom. The summed E-state index contributed by atoms with van der Waals surface area (Å²) in [6.45, 7) is 3.02. The van der Waals surface area contributed by atoms with Crippen LogP contribution in [0.1, 0.15) is 42.5 Å². The van der Waals surface area contributed by atoms with Crippen LogP contribution in [-0.4, -0.2) is 47.8 Å². The van der Waals surface area contributed by atoms with Crippen LogP contribution >= 0.6 is 11.6 Å². The Morgan fingerprint density at radius 1 is 1.12 bits per heavy atom. The highest BCUT2D eigenvalue weighted by Crippen LogP contribution is 2.48. The first-order valence-corrected chi connectivity index (χ1v) is 9.28. The molecule has 0 N–H and O–H groups in total. The van der Waals surface area contributed by atoms with Crippen LogP contribution in [0.2, 0.25) is 5.02 Å². The standard InChI is InChI=1S/C19H23ClN2O2/c20-16-4-1-3-14(11-16)17(23)21-9-5-15(12-21)18(24)22-10-8-19(13-22)6-2-7-19/h1,3-4,11,15H,2,5-10,12-13H2/t15-/m1/s1. The Bertz CT molecular complexity index is 671. The molecule has 0 aromatic heterocycles. The van der Waals surface area contributed by atoms with E-state index in [0.717, 1.165) is 25.9 Å². The maximum atomic E-state index is 12.8. The third-order valence-electron chi connectivity index (χ3n) is 6.06. The second-order valence-electron chi connectivity index (χ2n) is 7.61. The smallest absolute Gasteiger partial charge is 0.253 e. The molecule has 1 atom stereocenters. The van der Waals surface area contributed by atoms with Crippen molar-refractivity contribution in [3.63, 3.8) is 0 Å². The molecule has 0 unspecified atom stereocenters. The first kappa shape index (κ1) is 15.9. The largest absolute Gasteiger partial charge is 0.342 e. The second-order valence-corrected chi connectivity index (χ2v) is 8.05. The maximum Gasteiger partial charge on any atom is 0.253 e. The van der Waals surface area contributed by atoms with Crippen molar-refractivity contribution in [2.75, 3.05) is 26.2 Å². The van der Waals surface area contributed by atoms with Crippen molar-refractivity contribution >= 4 is 23.4 Å². The van der Waals surface area contributed by atoms with Gasteiger partial charge < -0.3 is 9.80 Å². The normalized spacial score (nSPS) is 25.1. The summed E-state index contributed by atoms with van der Waals surface area (Å²) in [4.78, 5) is 29.2. The van der Waals surface area contributed by atoms with E-state index in [4.69, 9.17) is 11.6 Å². The lowest BCUT2D eigenvalue weighted by Gasteiger charge is -2.38. The minimum absolute atomic E-state index is 0.0234.